The van der Waals surface area contributed by atoms with Crippen LogP contribution in [0.1, 0.15) is 57.4 Å². The molecular weight excluding hydrogens is 270 g/mol. The van der Waals surface area contributed by atoms with Crippen molar-refractivity contribution in [3.63, 3.8) is 0 Å². The van der Waals surface area contributed by atoms with E-state index in [4.69, 9.17) is 4.74 Å². The lowest BCUT2D eigenvalue weighted by molar-refractivity contribution is -0.0349. The Hall–Kier alpha value is -0.860. The fourth-order valence-electron chi connectivity index (χ4n) is 4.11. The highest BCUT2D eigenvalue weighted by atomic mass is 16.5. The van der Waals surface area contributed by atoms with Crippen molar-refractivity contribution in [1.82, 2.24) is 4.90 Å². The summed E-state index contributed by atoms with van der Waals surface area (Å²) in [5.74, 6) is 1.35. The zero-order chi connectivity index (χ0) is 15.4. The summed E-state index contributed by atoms with van der Waals surface area (Å²) in [6.45, 7) is 8.08. The SMILES string of the molecule is CC(COC1CCCCC1N1CC[C@@H](C)C1)c1ccccc1. The highest BCUT2D eigenvalue weighted by Gasteiger charge is 2.34. The molecule has 1 aromatic carbocycles. The quantitative estimate of drug-likeness (QED) is 0.796. The number of ether oxygens (including phenoxy) is 1. The average molecular weight is 301 g/mol. The molecule has 22 heavy (non-hydrogen) atoms. The van der Waals surface area contributed by atoms with E-state index in [0.717, 1.165) is 12.5 Å². The first kappa shape index (κ1) is 16.0. The van der Waals surface area contributed by atoms with Crippen LogP contribution >= 0.6 is 0 Å². The number of rotatable bonds is 5. The maximum atomic E-state index is 6.42. The molecule has 0 amide bonds. The van der Waals surface area contributed by atoms with Gasteiger partial charge in [-0.25, -0.2) is 0 Å². The van der Waals surface area contributed by atoms with E-state index < -0.39 is 0 Å². The number of hydrogen-bond acceptors (Lipinski definition) is 2. The summed E-state index contributed by atoms with van der Waals surface area (Å²) >= 11 is 0. The lowest BCUT2D eigenvalue weighted by Crippen LogP contribution is -2.45. The average Bonchev–Trinajstić information content (AvgIpc) is 3.00. The molecule has 0 radical (unpaired) electrons. The Labute approximate surface area is 135 Å². The Balaban J connectivity index is 1.55. The smallest absolute Gasteiger partial charge is 0.0730 e. The first-order chi connectivity index (χ1) is 10.7. The van der Waals surface area contributed by atoms with Crippen LogP contribution < -0.4 is 0 Å². The molecule has 1 aliphatic heterocycles. The molecule has 1 heterocycles. The van der Waals surface area contributed by atoms with E-state index in [1.807, 2.05) is 0 Å². The molecule has 1 aromatic rings. The first-order valence-electron chi connectivity index (χ1n) is 9.14. The lowest BCUT2D eigenvalue weighted by Gasteiger charge is -2.38. The molecule has 2 nitrogen and oxygen atoms in total. The summed E-state index contributed by atoms with van der Waals surface area (Å²) in [5.41, 5.74) is 1.39. The van der Waals surface area contributed by atoms with E-state index in [9.17, 15) is 0 Å². The zero-order valence-electron chi connectivity index (χ0n) is 14.2. The Morgan fingerprint density at radius 1 is 1.14 bits per heavy atom. The predicted molar refractivity (Wildman–Crippen MR) is 92.2 cm³/mol. The largest absolute Gasteiger partial charge is 0.376 e. The normalized spacial score (nSPS) is 31.3. The highest BCUT2D eigenvalue weighted by molar-refractivity contribution is 5.18. The van der Waals surface area contributed by atoms with E-state index in [-0.39, 0.29) is 0 Å². The van der Waals surface area contributed by atoms with Crippen LogP contribution in [-0.4, -0.2) is 36.7 Å². The van der Waals surface area contributed by atoms with E-state index >= 15 is 0 Å². The van der Waals surface area contributed by atoms with Gasteiger partial charge in [-0.2, -0.15) is 0 Å². The standard InChI is InChI=1S/C20H31NO/c1-16-12-13-21(14-16)19-10-6-7-11-20(19)22-15-17(2)18-8-4-3-5-9-18/h3-5,8-9,16-17,19-20H,6-7,10-15H2,1-2H3/t16-,17?,19?,20?/m1/s1. The second-order valence-corrected chi connectivity index (χ2v) is 7.42. The molecule has 0 aromatic heterocycles. The number of likely N-dealkylation sites (tertiary alicyclic amines) is 1. The van der Waals surface area contributed by atoms with Crippen molar-refractivity contribution in [2.75, 3.05) is 19.7 Å². The second kappa shape index (κ2) is 7.61. The van der Waals surface area contributed by atoms with Crippen molar-refractivity contribution >= 4 is 0 Å². The molecule has 2 heteroatoms. The van der Waals surface area contributed by atoms with Gasteiger partial charge >= 0.3 is 0 Å². The second-order valence-electron chi connectivity index (χ2n) is 7.42. The lowest BCUT2D eigenvalue weighted by atomic mass is 9.91. The van der Waals surface area contributed by atoms with Crippen LogP contribution in [0.5, 0.6) is 0 Å². The Morgan fingerprint density at radius 3 is 2.64 bits per heavy atom. The van der Waals surface area contributed by atoms with Crippen molar-refractivity contribution < 1.29 is 4.74 Å². The highest BCUT2D eigenvalue weighted by Crippen LogP contribution is 2.30. The topological polar surface area (TPSA) is 12.5 Å². The van der Waals surface area contributed by atoms with Crippen molar-refractivity contribution in [3.8, 4) is 0 Å². The third-order valence-corrected chi connectivity index (χ3v) is 5.52. The molecule has 0 N–H and O–H groups in total. The van der Waals surface area contributed by atoms with Gasteiger partial charge in [-0.15, -0.1) is 0 Å². The van der Waals surface area contributed by atoms with Crippen molar-refractivity contribution in [1.29, 1.82) is 0 Å². The number of nitrogens with zero attached hydrogens (tertiary/aromatic N) is 1. The Kier molecular flexibility index (Phi) is 5.54. The fraction of sp³-hybridized carbons (Fsp3) is 0.700. The minimum Gasteiger partial charge on any atom is -0.376 e. The van der Waals surface area contributed by atoms with Crippen molar-refractivity contribution in [2.24, 2.45) is 5.92 Å². The maximum Gasteiger partial charge on any atom is 0.0730 e. The summed E-state index contributed by atoms with van der Waals surface area (Å²) in [4.78, 5) is 2.71. The molecular formula is C20H31NO. The minimum absolute atomic E-state index is 0.449. The van der Waals surface area contributed by atoms with E-state index in [2.05, 4.69) is 49.1 Å². The summed E-state index contributed by atoms with van der Waals surface area (Å²) in [7, 11) is 0. The van der Waals surface area contributed by atoms with Gasteiger partial charge in [0.15, 0.2) is 0 Å². The van der Waals surface area contributed by atoms with Crippen molar-refractivity contribution in [2.45, 2.75) is 64.0 Å². The molecule has 1 aliphatic carbocycles. The molecule has 0 bridgehead atoms. The summed E-state index contributed by atoms with van der Waals surface area (Å²) < 4.78 is 6.42. The molecule has 3 unspecified atom stereocenters. The maximum absolute atomic E-state index is 6.42. The molecule has 122 valence electrons. The van der Waals surface area contributed by atoms with Gasteiger partial charge in [-0.1, -0.05) is 57.0 Å². The third kappa shape index (κ3) is 3.91. The van der Waals surface area contributed by atoms with Gasteiger partial charge < -0.3 is 4.74 Å². The number of benzene rings is 1. The fourth-order valence-corrected chi connectivity index (χ4v) is 4.11. The van der Waals surface area contributed by atoms with Crippen LogP contribution in [-0.2, 0) is 4.74 Å². The molecule has 4 atom stereocenters. The monoisotopic (exact) mass is 301 g/mol. The van der Waals surface area contributed by atoms with E-state index in [1.165, 1.54) is 50.8 Å². The van der Waals surface area contributed by atoms with Crippen LogP contribution in [0.4, 0.5) is 0 Å². The van der Waals surface area contributed by atoms with Crippen LogP contribution in [0.2, 0.25) is 0 Å². The molecule has 3 rings (SSSR count). The van der Waals surface area contributed by atoms with Gasteiger partial charge in [0, 0.05) is 18.5 Å². The summed E-state index contributed by atoms with van der Waals surface area (Å²) in [5, 5.41) is 0. The van der Waals surface area contributed by atoms with Gasteiger partial charge in [0.2, 0.25) is 0 Å². The van der Waals surface area contributed by atoms with Gasteiger partial charge in [-0.3, -0.25) is 4.90 Å². The molecule has 0 spiro atoms. The number of hydrogen-bond donors (Lipinski definition) is 0. The van der Waals surface area contributed by atoms with Crippen LogP contribution in [0.3, 0.4) is 0 Å². The van der Waals surface area contributed by atoms with Gasteiger partial charge in [0.1, 0.15) is 0 Å². The Morgan fingerprint density at radius 2 is 1.91 bits per heavy atom. The van der Waals surface area contributed by atoms with Gasteiger partial charge in [-0.05, 0) is 37.3 Å². The van der Waals surface area contributed by atoms with E-state index in [0.29, 0.717) is 18.1 Å². The van der Waals surface area contributed by atoms with Crippen LogP contribution in [0.25, 0.3) is 0 Å². The predicted octanol–water partition coefficient (Wildman–Crippen LogP) is 4.46. The molecule has 1 saturated carbocycles. The molecule has 2 fully saturated rings. The Bertz CT molecular complexity index is 446. The van der Waals surface area contributed by atoms with Gasteiger partial charge in [0.05, 0.1) is 12.7 Å². The molecule has 1 saturated heterocycles. The molecule has 2 aliphatic rings. The van der Waals surface area contributed by atoms with Crippen LogP contribution in [0.15, 0.2) is 30.3 Å². The van der Waals surface area contributed by atoms with Gasteiger partial charge in [0.25, 0.3) is 0 Å². The summed E-state index contributed by atoms with van der Waals surface area (Å²) in [6.07, 6.45) is 7.11. The third-order valence-electron chi connectivity index (χ3n) is 5.52. The van der Waals surface area contributed by atoms with E-state index in [1.54, 1.807) is 0 Å². The zero-order valence-corrected chi connectivity index (χ0v) is 14.2. The first-order valence-corrected chi connectivity index (χ1v) is 9.14. The minimum atomic E-state index is 0.449. The summed E-state index contributed by atoms with van der Waals surface area (Å²) in [6, 6.07) is 11.4. The van der Waals surface area contributed by atoms with Crippen LogP contribution in [0, 0.1) is 5.92 Å². The van der Waals surface area contributed by atoms with Crippen molar-refractivity contribution in [3.05, 3.63) is 35.9 Å².